The van der Waals surface area contributed by atoms with E-state index in [1.165, 1.54) is 18.7 Å². The molecule has 2 saturated heterocycles. The van der Waals surface area contributed by atoms with Crippen molar-refractivity contribution in [3.8, 4) is 0 Å². The van der Waals surface area contributed by atoms with Crippen molar-refractivity contribution in [3.63, 3.8) is 0 Å². The molecule has 0 bridgehead atoms. The predicted octanol–water partition coefficient (Wildman–Crippen LogP) is 6.09. The molecule has 8 nitrogen and oxygen atoms in total. The topological polar surface area (TPSA) is 89.5 Å². The SMILES string of the molecule is CC(=O)OCCC(C)(C)C(=O)OC1[C@@H](OCc2ccccc2)[C@H]2OC(c3ccccc3)OCC2O[C@H]1Sc1ccccc1. The van der Waals surface area contributed by atoms with E-state index < -0.39 is 53.5 Å². The van der Waals surface area contributed by atoms with Crippen LogP contribution in [0, 0.1) is 5.41 Å². The molecule has 43 heavy (non-hydrogen) atoms. The summed E-state index contributed by atoms with van der Waals surface area (Å²) in [4.78, 5) is 26.0. The normalized spacial score (nSPS) is 25.4. The van der Waals surface area contributed by atoms with Gasteiger partial charge in [-0.25, -0.2) is 0 Å². The van der Waals surface area contributed by atoms with Crippen LogP contribution < -0.4 is 0 Å². The van der Waals surface area contributed by atoms with E-state index in [0.717, 1.165) is 16.0 Å². The number of fused-ring (bicyclic) bond motifs is 1. The van der Waals surface area contributed by atoms with Crippen LogP contribution in [0.5, 0.6) is 0 Å². The summed E-state index contributed by atoms with van der Waals surface area (Å²) in [6, 6.07) is 29.4. The molecule has 2 aliphatic heterocycles. The van der Waals surface area contributed by atoms with Crippen molar-refractivity contribution in [2.24, 2.45) is 5.41 Å². The lowest BCUT2D eigenvalue weighted by molar-refractivity contribution is -0.326. The van der Waals surface area contributed by atoms with Crippen LogP contribution in [0.25, 0.3) is 0 Å². The molecule has 0 aromatic heterocycles. The van der Waals surface area contributed by atoms with Crippen molar-refractivity contribution >= 4 is 23.7 Å². The van der Waals surface area contributed by atoms with E-state index in [1.807, 2.05) is 91.0 Å². The van der Waals surface area contributed by atoms with Gasteiger partial charge in [-0.3, -0.25) is 9.59 Å². The van der Waals surface area contributed by atoms with E-state index in [4.69, 9.17) is 28.4 Å². The molecule has 3 aromatic carbocycles. The molecule has 2 heterocycles. The Bertz CT molecular complexity index is 1320. The summed E-state index contributed by atoms with van der Waals surface area (Å²) in [5.74, 6) is -0.834. The number of carbonyl (C=O) groups excluding carboxylic acids is 2. The summed E-state index contributed by atoms with van der Waals surface area (Å²) >= 11 is 1.47. The standard InChI is InChI=1S/C34H38O8S/c1-23(35)37-20-19-34(2,3)33(36)42-30-29(38-21-24-13-7-4-8-14-24)28-27(40-32(30)43-26-17-11-6-12-18-26)22-39-31(41-28)25-15-9-5-10-16-25/h4-18,27-32H,19-22H2,1-3H3/t27?,28-,29-,30?,31?,32-/m0/s1. The van der Waals surface area contributed by atoms with Crippen LogP contribution in [-0.4, -0.2) is 55.0 Å². The van der Waals surface area contributed by atoms with Gasteiger partial charge in [-0.1, -0.05) is 90.6 Å². The highest BCUT2D eigenvalue weighted by molar-refractivity contribution is 7.99. The van der Waals surface area contributed by atoms with Crippen LogP contribution in [0.15, 0.2) is 95.9 Å². The fourth-order valence-corrected chi connectivity index (χ4v) is 6.10. The van der Waals surface area contributed by atoms with E-state index >= 15 is 0 Å². The molecule has 0 amide bonds. The summed E-state index contributed by atoms with van der Waals surface area (Å²) < 4.78 is 37.3. The number of hydrogen-bond acceptors (Lipinski definition) is 9. The van der Waals surface area contributed by atoms with Gasteiger partial charge in [0.05, 0.1) is 25.2 Å². The lowest BCUT2D eigenvalue weighted by Gasteiger charge is -2.49. The van der Waals surface area contributed by atoms with Crippen LogP contribution >= 0.6 is 11.8 Å². The van der Waals surface area contributed by atoms with Crippen molar-refractivity contribution in [3.05, 3.63) is 102 Å². The average molecular weight is 607 g/mol. The Hall–Kier alpha value is -3.21. The predicted molar refractivity (Wildman–Crippen MR) is 161 cm³/mol. The highest BCUT2D eigenvalue weighted by Crippen LogP contribution is 2.42. The van der Waals surface area contributed by atoms with Gasteiger partial charge in [-0.2, -0.15) is 0 Å². The summed E-state index contributed by atoms with van der Waals surface area (Å²) in [7, 11) is 0. The molecule has 0 spiro atoms. The second-order valence-corrected chi connectivity index (χ2v) is 12.4. The minimum atomic E-state index is -0.929. The number of hydrogen-bond donors (Lipinski definition) is 0. The molecule has 0 aliphatic carbocycles. The second kappa shape index (κ2) is 14.5. The third kappa shape index (κ3) is 8.25. The lowest BCUT2D eigenvalue weighted by atomic mass is 9.89. The molecule has 6 atom stereocenters. The Balaban J connectivity index is 1.44. The van der Waals surface area contributed by atoms with Gasteiger partial charge in [-0.15, -0.1) is 0 Å². The van der Waals surface area contributed by atoms with Gasteiger partial charge >= 0.3 is 11.9 Å². The first kappa shape index (κ1) is 31.2. The van der Waals surface area contributed by atoms with Gasteiger partial charge in [-0.05, 0) is 38.0 Å². The Morgan fingerprint density at radius 2 is 1.53 bits per heavy atom. The fourth-order valence-electron chi connectivity index (χ4n) is 4.97. The quantitative estimate of drug-likeness (QED) is 0.241. The minimum Gasteiger partial charge on any atom is -0.466 e. The van der Waals surface area contributed by atoms with Gasteiger partial charge in [0.1, 0.15) is 23.7 Å². The Labute approximate surface area is 257 Å². The zero-order valence-electron chi connectivity index (χ0n) is 24.6. The summed E-state index contributed by atoms with van der Waals surface area (Å²) in [5.41, 5.74) is 0.333. The van der Waals surface area contributed by atoms with Gasteiger partial charge in [0.2, 0.25) is 0 Å². The molecule has 0 saturated carbocycles. The summed E-state index contributed by atoms with van der Waals surface area (Å²) in [6.45, 7) is 5.59. The monoisotopic (exact) mass is 606 g/mol. The fraction of sp³-hybridized carbons (Fsp3) is 0.412. The number of rotatable bonds is 11. The van der Waals surface area contributed by atoms with Crippen molar-refractivity contribution in [1.29, 1.82) is 0 Å². The molecular weight excluding hydrogens is 568 g/mol. The largest absolute Gasteiger partial charge is 0.466 e. The smallest absolute Gasteiger partial charge is 0.312 e. The van der Waals surface area contributed by atoms with Gasteiger partial charge in [0, 0.05) is 17.4 Å². The van der Waals surface area contributed by atoms with Crippen molar-refractivity contribution in [2.45, 2.75) is 74.8 Å². The van der Waals surface area contributed by atoms with Crippen LogP contribution in [0.4, 0.5) is 0 Å². The maximum Gasteiger partial charge on any atom is 0.312 e. The van der Waals surface area contributed by atoms with Gasteiger partial charge in [0.25, 0.3) is 0 Å². The first-order valence-electron chi connectivity index (χ1n) is 14.5. The lowest BCUT2D eigenvalue weighted by Crippen LogP contribution is -2.63. The summed E-state index contributed by atoms with van der Waals surface area (Å²) in [5, 5.41) is 0. The second-order valence-electron chi connectivity index (χ2n) is 11.3. The van der Waals surface area contributed by atoms with Gasteiger partial charge in [0.15, 0.2) is 12.4 Å². The van der Waals surface area contributed by atoms with Crippen LogP contribution in [-0.2, 0) is 44.6 Å². The van der Waals surface area contributed by atoms with E-state index in [0.29, 0.717) is 13.0 Å². The highest BCUT2D eigenvalue weighted by Gasteiger charge is 2.53. The van der Waals surface area contributed by atoms with Crippen molar-refractivity contribution in [1.82, 2.24) is 0 Å². The van der Waals surface area contributed by atoms with Gasteiger partial charge < -0.3 is 28.4 Å². The molecule has 0 N–H and O–H groups in total. The van der Waals surface area contributed by atoms with Crippen LogP contribution in [0.2, 0.25) is 0 Å². The van der Waals surface area contributed by atoms with Crippen molar-refractivity contribution in [2.75, 3.05) is 13.2 Å². The Kier molecular flexibility index (Phi) is 10.5. The highest BCUT2D eigenvalue weighted by atomic mass is 32.2. The maximum atomic E-state index is 13.7. The van der Waals surface area contributed by atoms with E-state index in [9.17, 15) is 9.59 Å². The minimum absolute atomic E-state index is 0.110. The van der Waals surface area contributed by atoms with E-state index in [2.05, 4.69) is 0 Å². The number of esters is 2. The average Bonchev–Trinajstić information content (AvgIpc) is 3.01. The van der Waals surface area contributed by atoms with Crippen LogP contribution in [0.3, 0.4) is 0 Å². The molecule has 9 heteroatoms. The van der Waals surface area contributed by atoms with E-state index in [-0.39, 0.29) is 13.2 Å². The molecule has 3 unspecified atom stereocenters. The Morgan fingerprint density at radius 3 is 2.21 bits per heavy atom. The summed E-state index contributed by atoms with van der Waals surface area (Å²) in [6.07, 6.45) is -2.82. The number of ether oxygens (including phenoxy) is 6. The molecule has 228 valence electrons. The first-order chi connectivity index (χ1) is 20.8. The third-order valence-electron chi connectivity index (χ3n) is 7.46. The van der Waals surface area contributed by atoms with Crippen molar-refractivity contribution < 1.29 is 38.0 Å². The Morgan fingerprint density at radius 1 is 0.884 bits per heavy atom. The first-order valence-corrected chi connectivity index (χ1v) is 15.4. The molecular formula is C34H38O8S. The van der Waals surface area contributed by atoms with E-state index in [1.54, 1.807) is 13.8 Å². The maximum absolute atomic E-state index is 13.7. The number of carbonyl (C=O) groups is 2. The number of benzene rings is 3. The third-order valence-corrected chi connectivity index (χ3v) is 8.62. The molecule has 2 aliphatic rings. The number of thioether (sulfide) groups is 1. The molecule has 3 aromatic rings. The molecule has 5 rings (SSSR count). The zero-order chi connectivity index (χ0) is 30.2. The molecule has 2 fully saturated rings. The van der Waals surface area contributed by atoms with Crippen LogP contribution in [0.1, 0.15) is 44.6 Å². The molecule has 0 radical (unpaired) electrons. The zero-order valence-corrected chi connectivity index (χ0v) is 25.4.